The largest absolute Gasteiger partial charge is 0.445 e. The second-order valence-electron chi connectivity index (χ2n) is 6.48. The quantitative estimate of drug-likeness (QED) is 0.766. The lowest BCUT2D eigenvalue weighted by Gasteiger charge is -2.38. The molecule has 1 saturated heterocycles. The van der Waals surface area contributed by atoms with Crippen molar-refractivity contribution in [2.24, 2.45) is 0 Å². The van der Waals surface area contributed by atoms with Gasteiger partial charge in [-0.15, -0.1) is 0 Å². The highest BCUT2D eigenvalue weighted by Gasteiger charge is 2.34. The highest BCUT2D eigenvalue weighted by atomic mass is 35.5. The van der Waals surface area contributed by atoms with E-state index in [-0.39, 0.29) is 24.8 Å². The van der Waals surface area contributed by atoms with Gasteiger partial charge in [-0.1, -0.05) is 48.0 Å². The number of ether oxygens (including phenoxy) is 2. The molecule has 5 nitrogen and oxygen atoms in total. The molecule has 1 aliphatic heterocycles. The number of carbonyl (C=O) groups is 1. The fourth-order valence-electron chi connectivity index (χ4n) is 3.31. The van der Waals surface area contributed by atoms with E-state index in [1.165, 1.54) is 0 Å². The molecular formula is C21H21ClN2O3. The molecule has 6 heteroatoms. The third-order valence-electron chi connectivity index (χ3n) is 4.83. The normalized spacial score (nSPS) is 19.4. The summed E-state index contributed by atoms with van der Waals surface area (Å²) in [5.41, 5.74) is 2.23. The van der Waals surface area contributed by atoms with Crippen LogP contribution >= 0.6 is 11.6 Å². The predicted octanol–water partition coefficient (Wildman–Crippen LogP) is 4.70. The van der Waals surface area contributed by atoms with E-state index >= 15 is 0 Å². The van der Waals surface area contributed by atoms with E-state index < -0.39 is 0 Å². The number of halogens is 1. The number of nitriles is 1. The summed E-state index contributed by atoms with van der Waals surface area (Å²) in [5.74, 6) is 0. The summed E-state index contributed by atoms with van der Waals surface area (Å²) in [6, 6.07) is 16.7. The standard InChI is InChI=1S/C21H21ClN2O3/c1-26-18-9-10-24(21(25)27-14-15-5-3-2-4-6-15)20(12-18)16-7-8-17(13-23)19(22)11-16/h2-8,11,18,20H,9-10,12,14H2,1H3. The lowest BCUT2D eigenvalue weighted by atomic mass is 9.93. The van der Waals surface area contributed by atoms with Gasteiger partial charge in [0.1, 0.15) is 12.7 Å². The number of benzene rings is 2. The summed E-state index contributed by atoms with van der Waals surface area (Å²) in [6.07, 6.45) is 1.10. The monoisotopic (exact) mass is 384 g/mol. The molecule has 1 heterocycles. The summed E-state index contributed by atoms with van der Waals surface area (Å²) in [7, 11) is 1.68. The van der Waals surface area contributed by atoms with Crippen LogP contribution in [0.1, 0.15) is 35.6 Å². The van der Waals surface area contributed by atoms with E-state index in [4.69, 9.17) is 26.3 Å². The van der Waals surface area contributed by atoms with Crippen LogP contribution in [0.3, 0.4) is 0 Å². The molecule has 0 saturated carbocycles. The van der Waals surface area contributed by atoms with E-state index in [0.717, 1.165) is 17.5 Å². The van der Waals surface area contributed by atoms with Crippen molar-refractivity contribution in [1.82, 2.24) is 4.90 Å². The zero-order chi connectivity index (χ0) is 19.2. The second-order valence-corrected chi connectivity index (χ2v) is 6.89. The van der Waals surface area contributed by atoms with Crippen LogP contribution in [0.25, 0.3) is 0 Å². The van der Waals surface area contributed by atoms with E-state index in [0.29, 0.717) is 23.6 Å². The van der Waals surface area contributed by atoms with Gasteiger partial charge in [-0.3, -0.25) is 0 Å². The van der Waals surface area contributed by atoms with Crippen LogP contribution in [0.15, 0.2) is 48.5 Å². The van der Waals surface area contributed by atoms with Crippen molar-refractivity contribution >= 4 is 17.7 Å². The molecule has 0 N–H and O–H groups in total. The van der Waals surface area contributed by atoms with Gasteiger partial charge in [0, 0.05) is 13.7 Å². The van der Waals surface area contributed by atoms with Gasteiger partial charge in [0.15, 0.2) is 0 Å². The molecule has 27 heavy (non-hydrogen) atoms. The van der Waals surface area contributed by atoms with Crippen molar-refractivity contribution in [3.05, 3.63) is 70.2 Å². The van der Waals surface area contributed by atoms with Crippen molar-refractivity contribution in [2.45, 2.75) is 31.6 Å². The highest BCUT2D eigenvalue weighted by Crippen LogP contribution is 2.34. The number of nitrogens with zero attached hydrogens (tertiary/aromatic N) is 2. The Bertz CT molecular complexity index is 835. The second kappa shape index (κ2) is 8.90. The molecule has 0 radical (unpaired) electrons. The van der Waals surface area contributed by atoms with Crippen molar-refractivity contribution in [2.75, 3.05) is 13.7 Å². The van der Waals surface area contributed by atoms with Crippen LogP contribution in [0.4, 0.5) is 4.79 Å². The van der Waals surface area contributed by atoms with Crippen LogP contribution in [0.2, 0.25) is 5.02 Å². The Morgan fingerprint density at radius 3 is 2.74 bits per heavy atom. The first kappa shape index (κ1) is 19.2. The summed E-state index contributed by atoms with van der Waals surface area (Å²) in [4.78, 5) is 14.5. The molecule has 1 amide bonds. The minimum atomic E-state index is -0.362. The molecule has 140 valence electrons. The molecule has 2 aromatic carbocycles. The first-order valence-corrected chi connectivity index (χ1v) is 9.20. The Morgan fingerprint density at radius 2 is 2.07 bits per heavy atom. The molecule has 2 unspecified atom stereocenters. The zero-order valence-corrected chi connectivity index (χ0v) is 15.9. The van der Waals surface area contributed by atoms with Gasteiger partial charge in [0.05, 0.1) is 22.7 Å². The lowest BCUT2D eigenvalue weighted by Crippen LogP contribution is -2.43. The Morgan fingerprint density at radius 1 is 1.30 bits per heavy atom. The van der Waals surface area contributed by atoms with Crippen LogP contribution in [-0.4, -0.2) is 30.8 Å². The summed E-state index contributed by atoms with van der Waals surface area (Å²) in [5, 5.41) is 9.46. The number of hydrogen-bond acceptors (Lipinski definition) is 4. The van der Waals surface area contributed by atoms with Gasteiger partial charge in [-0.05, 0) is 36.1 Å². The molecule has 1 aliphatic rings. The Balaban J connectivity index is 1.78. The third-order valence-corrected chi connectivity index (χ3v) is 5.14. The molecule has 3 rings (SSSR count). The van der Waals surface area contributed by atoms with E-state index in [2.05, 4.69) is 6.07 Å². The van der Waals surface area contributed by atoms with Crippen LogP contribution in [0, 0.1) is 11.3 Å². The van der Waals surface area contributed by atoms with Gasteiger partial charge in [-0.25, -0.2) is 4.79 Å². The summed E-state index contributed by atoms with van der Waals surface area (Å²) >= 11 is 6.20. The molecule has 0 bridgehead atoms. The first-order valence-electron chi connectivity index (χ1n) is 8.82. The summed E-state index contributed by atoms with van der Waals surface area (Å²) < 4.78 is 11.0. The van der Waals surface area contributed by atoms with Gasteiger partial charge in [-0.2, -0.15) is 5.26 Å². The van der Waals surface area contributed by atoms with E-state index in [1.54, 1.807) is 24.1 Å². The van der Waals surface area contributed by atoms with Gasteiger partial charge in [0.25, 0.3) is 0 Å². The van der Waals surface area contributed by atoms with Gasteiger partial charge >= 0.3 is 6.09 Å². The molecule has 1 fully saturated rings. The van der Waals surface area contributed by atoms with Gasteiger partial charge < -0.3 is 14.4 Å². The smallest absolute Gasteiger partial charge is 0.410 e. The lowest BCUT2D eigenvalue weighted by molar-refractivity contribution is 0.00476. The topological polar surface area (TPSA) is 62.6 Å². The predicted molar refractivity (Wildman–Crippen MR) is 102 cm³/mol. The van der Waals surface area contributed by atoms with Crippen LogP contribution < -0.4 is 0 Å². The maximum atomic E-state index is 12.7. The molecule has 2 aromatic rings. The fourth-order valence-corrected chi connectivity index (χ4v) is 3.54. The van der Waals surface area contributed by atoms with Crippen LogP contribution in [-0.2, 0) is 16.1 Å². The average molecular weight is 385 g/mol. The Hall–Kier alpha value is -2.55. The number of methoxy groups -OCH3 is 1. The minimum Gasteiger partial charge on any atom is -0.445 e. The molecule has 0 aliphatic carbocycles. The van der Waals surface area contributed by atoms with Crippen molar-refractivity contribution in [3.8, 4) is 6.07 Å². The molecule has 0 aromatic heterocycles. The third kappa shape index (κ3) is 4.60. The number of rotatable bonds is 4. The average Bonchev–Trinajstić information content (AvgIpc) is 2.72. The number of carbonyl (C=O) groups excluding carboxylic acids is 1. The molecular weight excluding hydrogens is 364 g/mol. The maximum Gasteiger partial charge on any atom is 0.410 e. The first-order chi connectivity index (χ1) is 13.1. The number of likely N-dealkylation sites (tertiary alicyclic amines) is 1. The Kier molecular flexibility index (Phi) is 6.33. The number of piperidine rings is 1. The number of amides is 1. The minimum absolute atomic E-state index is 0.0580. The number of hydrogen-bond donors (Lipinski definition) is 0. The SMILES string of the molecule is COC1CCN(C(=O)OCc2ccccc2)C(c2ccc(C#N)c(Cl)c2)C1. The molecule has 0 spiro atoms. The maximum absolute atomic E-state index is 12.7. The Labute approximate surface area is 164 Å². The summed E-state index contributed by atoms with van der Waals surface area (Å²) in [6.45, 7) is 0.763. The highest BCUT2D eigenvalue weighted by molar-refractivity contribution is 6.31. The van der Waals surface area contributed by atoms with Crippen molar-refractivity contribution in [1.29, 1.82) is 5.26 Å². The van der Waals surface area contributed by atoms with Crippen LogP contribution in [0.5, 0.6) is 0 Å². The molecule has 2 atom stereocenters. The van der Waals surface area contributed by atoms with E-state index in [9.17, 15) is 4.79 Å². The zero-order valence-electron chi connectivity index (χ0n) is 15.1. The van der Waals surface area contributed by atoms with Crippen molar-refractivity contribution < 1.29 is 14.3 Å². The van der Waals surface area contributed by atoms with Crippen molar-refractivity contribution in [3.63, 3.8) is 0 Å². The van der Waals surface area contributed by atoms with E-state index in [1.807, 2.05) is 36.4 Å². The fraction of sp³-hybridized carbons (Fsp3) is 0.333. The van der Waals surface area contributed by atoms with Gasteiger partial charge in [0.2, 0.25) is 0 Å².